The number of amides is 2. The third-order valence-electron chi connectivity index (χ3n) is 2.89. The zero-order valence-electron chi connectivity index (χ0n) is 14.1. The fourth-order valence-electron chi connectivity index (χ4n) is 1.56. The number of carbonyl (C=O) groups excluding carboxylic acids is 4. The highest BCUT2D eigenvalue weighted by molar-refractivity contribution is 5.84. The number of carbonyl (C=O) groups is 4. The van der Waals surface area contributed by atoms with Crippen LogP contribution in [0.2, 0.25) is 0 Å². The van der Waals surface area contributed by atoms with E-state index in [2.05, 4.69) is 15.4 Å². The summed E-state index contributed by atoms with van der Waals surface area (Å²) >= 11 is 0. The van der Waals surface area contributed by atoms with Crippen LogP contribution >= 0.6 is 0 Å². The van der Waals surface area contributed by atoms with Gasteiger partial charge < -0.3 is 25.2 Å². The maximum atomic E-state index is 11.4. The van der Waals surface area contributed by atoms with E-state index < -0.39 is 24.5 Å². The van der Waals surface area contributed by atoms with E-state index in [1.54, 1.807) is 7.05 Å². The average Bonchev–Trinajstić information content (AvgIpc) is 2.55. The Labute approximate surface area is 141 Å². The molecule has 0 bridgehead atoms. The van der Waals surface area contributed by atoms with Gasteiger partial charge in [-0.05, 0) is 19.8 Å². The summed E-state index contributed by atoms with van der Waals surface area (Å²) in [6.45, 7) is 0.569. The minimum atomic E-state index is -1.29. The van der Waals surface area contributed by atoms with E-state index >= 15 is 0 Å². The molecule has 1 atom stereocenters. The van der Waals surface area contributed by atoms with Gasteiger partial charge in [-0.1, -0.05) is 6.42 Å². The molecule has 0 fully saturated rings. The lowest BCUT2D eigenvalue weighted by molar-refractivity contribution is -0.156. The van der Waals surface area contributed by atoms with Gasteiger partial charge in [0.25, 0.3) is 0 Å². The zero-order valence-corrected chi connectivity index (χ0v) is 14.1. The Morgan fingerprint density at radius 2 is 1.71 bits per heavy atom. The van der Waals surface area contributed by atoms with E-state index in [1.165, 1.54) is 6.92 Å². The van der Waals surface area contributed by atoms with Gasteiger partial charge in [-0.2, -0.15) is 0 Å². The van der Waals surface area contributed by atoms with Crippen molar-refractivity contribution in [1.82, 2.24) is 10.6 Å². The molecule has 0 aromatic carbocycles. The molecule has 0 aliphatic heterocycles. The van der Waals surface area contributed by atoms with Crippen LogP contribution in [0.25, 0.3) is 0 Å². The maximum absolute atomic E-state index is 11.4. The first-order chi connectivity index (χ1) is 11.4. The van der Waals surface area contributed by atoms with Gasteiger partial charge in [-0.25, -0.2) is 4.79 Å². The number of nitrogens with one attached hydrogen (secondary N) is 2. The SMILES string of the molecule is CNC(=O)CCCCCNC(=O)COCC(=O)COC(=O)C(C)O. The summed E-state index contributed by atoms with van der Waals surface area (Å²) in [5.41, 5.74) is 0. The van der Waals surface area contributed by atoms with Crippen molar-refractivity contribution in [1.29, 1.82) is 0 Å². The van der Waals surface area contributed by atoms with E-state index in [0.717, 1.165) is 19.3 Å². The first-order valence-electron chi connectivity index (χ1n) is 7.78. The predicted octanol–water partition coefficient (Wildman–Crippen LogP) is -1.08. The van der Waals surface area contributed by atoms with Crippen molar-refractivity contribution in [3.63, 3.8) is 0 Å². The van der Waals surface area contributed by atoms with Crippen molar-refractivity contribution in [2.75, 3.05) is 33.4 Å². The molecule has 0 aliphatic rings. The Kier molecular flexibility index (Phi) is 12.3. The Balaban J connectivity index is 3.54. The molecule has 9 nitrogen and oxygen atoms in total. The standard InChI is InChI=1S/C15H26N2O7/c1-11(18)15(22)24-9-12(19)8-23-10-14(21)17-7-5-3-4-6-13(20)16-2/h11,18H,3-10H2,1-2H3,(H,16,20)(H,17,21). The summed E-state index contributed by atoms with van der Waals surface area (Å²) in [6.07, 6.45) is 1.50. The van der Waals surface area contributed by atoms with E-state index in [1.807, 2.05) is 0 Å². The Bertz CT molecular complexity index is 424. The summed E-state index contributed by atoms with van der Waals surface area (Å²) in [4.78, 5) is 44.7. The van der Waals surface area contributed by atoms with E-state index in [-0.39, 0.29) is 25.0 Å². The molecule has 1 unspecified atom stereocenters. The number of aliphatic hydroxyl groups is 1. The predicted molar refractivity (Wildman–Crippen MR) is 84.0 cm³/mol. The number of hydrogen-bond donors (Lipinski definition) is 3. The van der Waals surface area contributed by atoms with Gasteiger partial charge >= 0.3 is 5.97 Å². The van der Waals surface area contributed by atoms with Crippen LogP contribution in [0, 0.1) is 0 Å². The number of ether oxygens (including phenoxy) is 2. The van der Waals surface area contributed by atoms with Crippen LogP contribution < -0.4 is 10.6 Å². The molecule has 0 spiro atoms. The fourth-order valence-corrected chi connectivity index (χ4v) is 1.56. The average molecular weight is 346 g/mol. The van der Waals surface area contributed by atoms with Crippen LogP contribution in [0.1, 0.15) is 32.6 Å². The molecule has 0 aromatic heterocycles. The number of ketones is 1. The smallest absolute Gasteiger partial charge is 0.335 e. The van der Waals surface area contributed by atoms with Crippen LogP contribution in [0.5, 0.6) is 0 Å². The maximum Gasteiger partial charge on any atom is 0.335 e. The summed E-state index contributed by atoms with van der Waals surface area (Å²) in [5, 5.41) is 14.0. The molecule has 0 rings (SSSR count). The second-order valence-corrected chi connectivity index (χ2v) is 5.15. The molecule has 138 valence electrons. The second kappa shape index (κ2) is 13.4. The van der Waals surface area contributed by atoms with Crippen LogP contribution in [-0.4, -0.2) is 68.2 Å². The van der Waals surface area contributed by atoms with Crippen molar-refractivity contribution in [3.05, 3.63) is 0 Å². The fraction of sp³-hybridized carbons (Fsp3) is 0.733. The molecule has 0 saturated heterocycles. The number of rotatable bonds is 13. The van der Waals surface area contributed by atoms with E-state index in [4.69, 9.17) is 9.84 Å². The minimum Gasteiger partial charge on any atom is -0.456 e. The molecule has 0 saturated carbocycles. The number of hydrogen-bond acceptors (Lipinski definition) is 7. The lowest BCUT2D eigenvalue weighted by atomic mass is 10.2. The van der Waals surface area contributed by atoms with Crippen molar-refractivity contribution < 1.29 is 33.8 Å². The molecule has 2 amide bonds. The quantitative estimate of drug-likeness (QED) is 0.285. The van der Waals surface area contributed by atoms with Gasteiger partial charge in [0.2, 0.25) is 11.8 Å². The monoisotopic (exact) mass is 346 g/mol. The largest absolute Gasteiger partial charge is 0.456 e. The first-order valence-corrected chi connectivity index (χ1v) is 7.78. The van der Waals surface area contributed by atoms with Crippen molar-refractivity contribution in [3.8, 4) is 0 Å². The van der Waals surface area contributed by atoms with Crippen LogP contribution in [0.15, 0.2) is 0 Å². The lowest BCUT2D eigenvalue weighted by Crippen LogP contribution is -2.30. The number of aliphatic hydroxyl groups excluding tert-OH is 1. The van der Waals surface area contributed by atoms with Gasteiger partial charge in [0, 0.05) is 20.0 Å². The lowest BCUT2D eigenvalue weighted by Gasteiger charge is -2.07. The molecule has 9 heteroatoms. The highest BCUT2D eigenvalue weighted by Gasteiger charge is 2.13. The first kappa shape index (κ1) is 22.0. The van der Waals surface area contributed by atoms with Gasteiger partial charge in [-0.15, -0.1) is 0 Å². The summed E-state index contributed by atoms with van der Waals surface area (Å²) in [7, 11) is 1.59. The molecule has 0 aliphatic carbocycles. The summed E-state index contributed by atoms with van der Waals surface area (Å²) in [5.74, 6) is -1.75. The van der Waals surface area contributed by atoms with Crippen molar-refractivity contribution in [2.45, 2.75) is 38.7 Å². The molecular weight excluding hydrogens is 320 g/mol. The van der Waals surface area contributed by atoms with Gasteiger partial charge in [0.1, 0.15) is 19.3 Å². The van der Waals surface area contributed by atoms with Crippen molar-refractivity contribution in [2.24, 2.45) is 0 Å². The van der Waals surface area contributed by atoms with Crippen LogP contribution in [0.4, 0.5) is 0 Å². The molecule has 24 heavy (non-hydrogen) atoms. The second-order valence-electron chi connectivity index (χ2n) is 5.15. The van der Waals surface area contributed by atoms with Gasteiger partial charge in [0.15, 0.2) is 12.4 Å². The van der Waals surface area contributed by atoms with Gasteiger partial charge in [-0.3, -0.25) is 14.4 Å². The normalized spacial score (nSPS) is 11.5. The van der Waals surface area contributed by atoms with Crippen LogP contribution in [0.3, 0.4) is 0 Å². The Morgan fingerprint density at radius 3 is 2.33 bits per heavy atom. The van der Waals surface area contributed by atoms with E-state index in [9.17, 15) is 19.2 Å². The topological polar surface area (TPSA) is 131 Å². The highest BCUT2D eigenvalue weighted by atomic mass is 16.6. The molecular formula is C15H26N2O7. The summed E-state index contributed by atoms with van der Waals surface area (Å²) < 4.78 is 9.41. The third-order valence-corrected chi connectivity index (χ3v) is 2.89. The number of unbranched alkanes of at least 4 members (excludes halogenated alkanes) is 2. The number of Topliss-reactive ketones (excluding diaryl/α,β-unsaturated/α-hetero) is 1. The third kappa shape index (κ3) is 12.5. The Morgan fingerprint density at radius 1 is 1.00 bits per heavy atom. The zero-order chi connectivity index (χ0) is 18.4. The Hall–Kier alpha value is -2.00. The molecule has 0 radical (unpaired) electrons. The molecule has 3 N–H and O–H groups in total. The van der Waals surface area contributed by atoms with Crippen molar-refractivity contribution >= 4 is 23.6 Å². The van der Waals surface area contributed by atoms with Crippen LogP contribution in [-0.2, 0) is 28.7 Å². The highest BCUT2D eigenvalue weighted by Crippen LogP contribution is 1.98. The molecule has 0 aromatic rings. The van der Waals surface area contributed by atoms with E-state index in [0.29, 0.717) is 13.0 Å². The number of esters is 1. The molecule has 0 heterocycles. The van der Waals surface area contributed by atoms with Gasteiger partial charge in [0.05, 0.1) is 0 Å². The minimum absolute atomic E-state index is 0.00349. The summed E-state index contributed by atoms with van der Waals surface area (Å²) in [6, 6.07) is 0.